The van der Waals surface area contributed by atoms with E-state index >= 15 is 0 Å². The van der Waals surface area contributed by atoms with Crippen molar-refractivity contribution in [2.75, 3.05) is 43.0 Å². The first-order chi connectivity index (χ1) is 9.71. The number of anilines is 1. The first kappa shape index (κ1) is 14.7. The highest BCUT2D eigenvalue weighted by atomic mass is 79.9. The molecule has 4 heteroatoms. The molecule has 0 aromatic heterocycles. The summed E-state index contributed by atoms with van der Waals surface area (Å²) in [7, 11) is 0. The van der Waals surface area contributed by atoms with Gasteiger partial charge in [-0.2, -0.15) is 0 Å². The van der Waals surface area contributed by atoms with Crippen LogP contribution in [0, 0.1) is 5.41 Å². The molecule has 1 aromatic rings. The zero-order chi connectivity index (χ0) is 14.0. The highest BCUT2D eigenvalue weighted by Crippen LogP contribution is 2.43. The Bertz CT molecular complexity index is 448. The molecule has 1 aliphatic heterocycles. The Balaban J connectivity index is 1.54. The molecule has 1 saturated carbocycles. The third-order valence-corrected chi connectivity index (χ3v) is 6.23. The van der Waals surface area contributed by atoms with Crippen molar-refractivity contribution in [2.24, 2.45) is 5.41 Å². The minimum absolute atomic E-state index is 0.568. The van der Waals surface area contributed by atoms with Crippen LogP contribution in [0.2, 0.25) is 5.02 Å². The molecule has 1 aliphatic carbocycles. The minimum Gasteiger partial charge on any atom is -0.369 e. The van der Waals surface area contributed by atoms with Crippen LogP contribution in [-0.4, -0.2) is 43.0 Å². The quantitative estimate of drug-likeness (QED) is 0.751. The summed E-state index contributed by atoms with van der Waals surface area (Å²) in [6.45, 7) is 5.82. The van der Waals surface area contributed by atoms with Crippen LogP contribution in [0.25, 0.3) is 0 Å². The number of rotatable bonds is 4. The zero-order valence-corrected chi connectivity index (χ0v) is 14.2. The monoisotopic (exact) mass is 356 g/mol. The van der Waals surface area contributed by atoms with Gasteiger partial charge in [0.15, 0.2) is 0 Å². The lowest BCUT2D eigenvalue weighted by Gasteiger charge is -2.46. The predicted molar refractivity (Wildman–Crippen MR) is 90.2 cm³/mol. The Morgan fingerprint density at radius 1 is 1.15 bits per heavy atom. The van der Waals surface area contributed by atoms with Crippen molar-refractivity contribution in [1.29, 1.82) is 0 Å². The van der Waals surface area contributed by atoms with Crippen molar-refractivity contribution in [3.63, 3.8) is 0 Å². The van der Waals surface area contributed by atoms with Crippen molar-refractivity contribution < 1.29 is 0 Å². The fourth-order valence-corrected chi connectivity index (χ4v) is 4.24. The lowest BCUT2D eigenvalue weighted by Crippen LogP contribution is -2.52. The van der Waals surface area contributed by atoms with Crippen molar-refractivity contribution in [1.82, 2.24) is 4.90 Å². The van der Waals surface area contributed by atoms with E-state index in [1.807, 2.05) is 12.1 Å². The average molecular weight is 358 g/mol. The second kappa shape index (κ2) is 6.25. The summed E-state index contributed by atoms with van der Waals surface area (Å²) < 4.78 is 0. The molecule has 0 amide bonds. The van der Waals surface area contributed by atoms with Gasteiger partial charge in [-0.1, -0.05) is 40.0 Å². The predicted octanol–water partition coefficient (Wildman–Crippen LogP) is 4.03. The Morgan fingerprint density at radius 2 is 1.90 bits per heavy atom. The maximum Gasteiger partial charge on any atom is 0.0426 e. The first-order valence-corrected chi connectivity index (χ1v) is 9.00. The molecular formula is C16H22BrClN2. The van der Waals surface area contributed by atoms with Gasteiger partial charge in [-0.25, -0.2) is 0 Å². The molecule has 0 spiro atoms. The Morgan fingerprint density at radius 3 is 2.45 bits per heavy atom. The van der Waals surface area contributed by atoms with Crippen LogP contribution in [-0.2, 0) is 0 Å². The highest BCUT2D eigenvalue weighted by molar-refractivity contribution is 9.09. The van der Waals surface area contributed by atoms with Crippen LogP contribution in [0.4, 0.5) is 5.69 Å². The van der Waals surface area contributed by atoms with E-state index in [0.717, 1.165) is 23.4 Å². The van der Waals surface area contributed by atoms with Gasteiger partial charge >= 0.3 is 0 Å². The molecular weight excluding hydrogens is 336 g/mol. The van der Waals surface area contributed by atoms with E-state index in [-0.39, 0.29) is 0 Å². The van der Waals surface area contributed by atoms with Gasteiger partial charge in [0.25, 0.3) is 0 Å². The molecule has 1 aromatic carbocycles. The average Bonchev–Trinajstić information content (AvgIpc) is 2.44. The number of hydrogen-bond acceptors (Lipinski definition) is 2. The Hall–Kier alpha value is -0.250. The normalized spacial score (nSPS) is 22.6. The van der Waals surface area contributed by atoms with Gasteiger partial charge in [-0.3, -0.25) is 4.90 Å². The van der Waals surface area contributed by atoms with Crippen molar-refractivity contribution in [3.05, 3.63) is 29.3 Å². The highest BCUT2D eigenvalue weighted by Gasteiger charge is 2.37. The molecule has 1 heterocycles. The van der Waals surface area contributed by atoms with Gasteiger partial charge in [0.05, 0.1) is 0 Å². The molecule has 2 aliphatic rings. The largest absolute Gasteiger partial charge is 0.369 e. The standard InChI is InChI=1S/C16H22BrClN2/c17-12-16(5-2-6-16)13-19-7-9-20(10-8-19)15-4-1-3-14(18)11-15/h1,3-4,11H,2,5-10,12-13H2. The van der Waals surface area contributed by atoms with E-state index in [4.69, 9.17) is 11.6 Å². The fraction of sp³-hybridized carbons (Fsp3) is 0.625. The van der Waals surface area contributed by atoms with E-state index in [9.17, 15) is 0 Å². The Labute approximate surface area is 135 Å². The van der Waals surface area contributed by atoms with Gasteiger partial charge in [-0.15, -0.1) is 0 Å². The number of nitrogens with zero attached hydrogens (tertiary/aromatic N) is 2. The van der Waals surface area contributed by atoms with E-state index < -0.39 is 0 Å². The van der Waals surface area contributed by atoms with Gasteiger partial charge < -0.3 is 4.90 Å². The number of piperazine rings is 1. The lowest BCUT2D eigenvalue weighted by atomic mass is 9.70. The summed E-state index contributed by atoms with van der Waals surface area (Å²) in [5, 5.41) is 1.99. The first-order valence-electron chi connectivity index (χ1n) is 7.50. The molecule has 3 rings (SSSR count). The van der Waals surface area contributed by atoms with Crippen LogP contribution < -0.4 is 4.90 Å². The van der Waals surface area contributed by atoms with E-state index in [1.165, 1.54) is 44.6 Å². The van der Waals surface area contributed by atoms with Crippen LogP contribution >= 0.6 is 27.5 Å². The molecule has 20 heavy (non-hydrogen) atoms. The van der Waals surface area contributed by atoms with Crippen molar-refractivity contribution >= 4 is 33.2 Å². The molecule has 0 unspecified atom stereocenters. The molecule has 0 N–H and O–H groups in total. The summed E-state index contributed by atoms with van der Waals surface area (Å²) in [6.07, 6.45) is 4.20. The molecule has 2 nitrogen and oxygen atoms in total. The maximum atomic E-state index is 6.08. The SMILES string of the molecule is Clc1cccc(N2CCN(CC3(CBr)CCC3)CC2)c1. The van der Waals surface area contributed by atoms with E-state index in [2.05, 4.69) is 37.9 Å². The third-order valence-electron chi connectivity index (χ3n) is 4.80. The molecule has 0 radical (unpaired) electrons. The van der Waals surface area contributed by atoms with Crippen LogP contribution in [0.3, 0.4) is 0 Å². The fourth-order valence-electron chi connectivity index (χ4n) is 3.32. The second-order valence-corrected chi connectivity index (χ2v) is 7.23. The molecule has 110 valence electrons. The van der Waals surface area contributed by atoms with Gasteiger partial charge in [0.1, 0.15) is 0 Å². The number of benzene rings is 1. The van der Waals surface area contributed by atoms with Gasteiger partial charge in [-0.05, 0) is 36.5 Å². The van der Waals surface area contributed by atoms with Gasteiger partial charge in [0, 0.05) is 48.8 Å². The molecule has 1 saturated heterocycles. The maximum absolute atomic E-state index is 6.08. The molecule has 2 fully saturated rings. The number of alkyl halides is 1. The third kappa shape index (κ3) is 3.15. The summed E-state index contributed by atoms with van der Waals surface area (Å²) in [4.78, 5) is 5.09. The summed E-state index contributed by atoms with van der Waals surface area (Å²) in [5.41, 5.74) is 1.83. The number of halogens is 2. The van der Waals surface area contributed by atoms with Crippen molar-refractivity contribution in [2.45, 2.75) is 19.3 Å². The van der Waals surface area contributed by atoms with Crippen LogP contribution in [0.5, 0.6) is 0 Å². The zero-order valence-electron chi connectivity index (χ0n) is 11.8. The van der Waals surface area contributed by atoms with Crippen molar-refractivity contribution in [3.8, 4) is 0 Å². The van der Waals surface area contributed by atoms with E-state index in [0.29, 0.717) is 5.41 Å². The minimum atomic E-state index is 0.568. The second-order valence-electron chi connectivity index (χ2n) is 6.23. The van der Waals surface area contributed by atoms with E-state index in [1.54, 1.807) is 0 Å². The summed E-state index contributed by atoms with van der Waals surface area (Å²) in [6, 6.07) is 8.21. The molecule has 0 atom stereocenters. The number of hydrogen-bond donors (Lipinski definition) is 0. The smallest absolute Gasteiger partial charge is 0.0426 e. The molecule has 0 bridgehead atoms. The lowest BCUT2D eigenvalue weighted by molar-refractivity contribution is 0.0877. The Kier molecular flexibility index (Phi) is 4.58. The van der Waals surface area contributed by atoms with Crippen LogP contribution in [0.1, 0.15) is 19.3 Å². The summed E-state index contributed by atoms with van der Waals surface area (Å²) in [5.74, 6) is 0. The van der Waals surface area contributed by atoms with Crippen LogP contribution in [0.15, 0.2) is 24.3 Å². The summed E-state index contributed by atoms with van der Waals surface area (Å²) >= 11 is 9.80. The topological polar surface area (TPSA) is 6.48 Å². The van der Waals surface area contributed by atoms with Gasteiger partial charge in [0.2, 0.25) is 0 Å².